The smallest absolute Gasteiger partial charge is 0.224 e. The van der Waals surface area contributed by atoms with Gasteiger partial charge in [0.1, 0.15) is 17.9 Å². The van der Waals surface area contributed by atoms with Crippen LogP contribution in [-0.4, -0.2) is 16.5 Å². The zero-order valence-corrected chi connectivity index (χ0v) is 12.8. The molecule has 0 aliphatic heterocycles. The van der Waals surface area contributed by atoms with Crippen LogP contribution >= 0.6 is 0 Å². The van der Waals surface area contributed by atoms with E-state index < -0.39 is 0 Å². The van der Waals surface area contributed by atoms with E-state index in [4.69, 9.17) is 4.74 Å². The molecule has 1 N–H and O–H groups in total. The van der Waals surface area contributed by atoms with Crippen LogP contribution < -0.4 is 10.1 Å². The van der Waals surface area contributed by atoms with Crippen LogP contribution in [0.2, 0.25) is 0 Å². The highest BCUT2D eigenvalue weighted by Gasteiger charge is 2.02. The van der Waals surface area contributed by atoms with Gasteiger partial charge in [-0.1, -0.05) is 32.4 Å². The number of rotatable bonds is 8. The zero-order chi connectivity index (χ0) is 14.9. The first-order valence-corrected chi connectivity index (χ1v) is 7.64. The van der Waals surface area contributed by atoms with E-state index in [2.05, 4.69) is 41.3 Å². The van der Waals surface area contributed by atoms with Crippen molar-refractivity contribution in [3.63, 3.8) is 0 Å². The summed E-state index contributed by atoms with van der Waals surface area (Å²) >= 11 is 0. The van der Waals surface area contributed by atoms with E-state index in [1.54, 1.807) is 0 Å². The fourth-order valence-corrected chi connectivity index (χ4v) is 1.97. The average molecular weight is 285 g/mol. The van der Waals surface area contributed by atoms with E-state index in [0.717, 1.165) is 31.0 Å². The minimum absolute atomic E-state index is 0.560. The fraction of sp³-hybridized carbons (Fsp3) is 0.412. The van der Waals surface area contributed by atoms with Crippen LogP contribution in [0, 0.1) is 0 Å². The second-order valence-corrected chi connectivity index (χ2v) is 5.02. The zero-order valence-electron chi connectivity index (χ0n) is 12.8. The average Bonchev–Trinajstić information content (AvgIpc) is 2.53. The third-order valence-corrected chi connectivity index (χ3v) is 3.16. The Labute approximate surface area is 126 Å². The molecule has 2 aromatic rings. The summed E-state index contributed by atoms with van der Waals surface area (Å²) in [7, 11) is 0. The molecule has 1 aromatic carbocycles. The van der Waals surface area contributed by atoms with Crippen LogP contribution in [0.1, 0.15) is 38.7 Å². The molecule has 0 radical (unpaired) electrons. The summed E-state index contributed by atoms with van der Waals surface area (Å²) in [6.07, 6.45) is 6.13. The second kappa shape index (κ2) is 8.25. The van der Waals surface area contributed by atoms with Gasteiger partial charge in [-0.25, -0.2) is 9.97 Å². The Hall–Kier alpha value is -2.10. The lowest BCUT2D eigenvalue weighted by Crippen LogP contribution is -2.02. The predicted octanol–water partition coefficient (Wildman–Crippen LogP) is 4.43. The summed E-state index contributed by atoms with van der Waals surface area (Å²) < 4.78 is 5.77. The summed E-state index contributed by atoms with van der Waals surface area (Å²) in [5, 5.41) is 3.22. The maximum atomic E-state index is 5.77. The number of unbranched alkanes of at least 4 members (excludes halogenated alkanes) is 1. The number of benzene rings is 1. The molecule has 1 aromatic heterocycles. The number of nitrogens with one attached hydrogen (secondary N) is 1. The first-order chi connectivity index (χ1) is 10.3. The summed E-state index contributed by atoms with van der Waals surface area (Å²) in [4.78, 5) is 8.31. The number of hydrogen-bond acceptors (Lipinski definition) is 4. The van der Waals surface area contributed by atoms with Crippen molar-refractivity contribution in [1.82, 2.24) is 9.97 Å². The number of ether oxygens (including phenoxy) is 1. The highest BCUT2D eigenvalue weighted by Crippen LogP contribution is 2.21. The quantitative estimate of drug-likeness (QED) is 0.779. The molecule has 112 valence electrons. The van der Waals surface area contributed by atoms with Crippen LogP contribution in [0.25, 0.3) is 0 Å². The van der Waals surface area contributed by atoms with Gasteiger partial charge in [0.15, 0.2) is 0 Å². The highest BCUT2D eigenvalue weighted by molar-refractivity contribution is 5.39. The fourth-order valence-electron chi connectivity index (χ4n) is 1.97. The molecule has 0 amide bonds. The van der Waals surface area contributed by atoms with Crippen molar-refractivity contribution in [3.8, 4) is 11.6 Å². The Morgan fingerprint density at radius 3 is 2.57 bits per heavy atom. The Morgan fingerprint density at radius 1 is 1.05 bits per heavy atom. The molecule has 1 heterocycles. The highest BCUT2D eigenvalue weighted by atomic mass is 16.5. The molecular formula is C17H23N3O. The van der Waals surface area contributed by atoms with Gasteiger partial charge in [0, 0.05) is 12.6 Å². The largest absolute Gasteiger partial charge is 0.439 e. The molecule has 0 fully saturated rings. The lowest BCUT2D eigenvalue weighted by atomic mass is 10.1. The van der Waals surface area contributed by atoms with Crippen molar-refractivity contribution in [3.05, 3.63) is 42.2 Å². The molecule has 0 aliphatic carbocycles. The first-order valence-electron chi connectivity index (χ1n) is 7.64. The van der Waals surface area contributed by atoms with Crippen molar-refractivity contribution in [2.75, 3.05) is 11.9 Å². The monoisotopic (exact) mass is 285 g/mol. The van der Waals surface area contributed by atoms with Crippen molar-refractivity contribution in [1.29, 1.82) is 0 Å². The van der Waals surface area contributed by atoms with E-state index in [9.17, 15) is 0 Å². The Balaban J connectivity index is 1.97. The van der Waals surface area contributed by atoms with Gasteiger partial charge in [0.2, 0.25) is 5.88 Å². The van der Waals surface area contributed by atoms with Crippen LogP contribution in [0.4, 0.5) is 5.82 Å². The number of hydrogen-bond donors (Lipinski definition) is 1. The normalized spacial score (nSPS) is 10.4. The van der Waals surface area contributed by atoms with Crippen molar-refractivity contribution >= 4 is 5.82 Å². The molecular weight excluding hydrogens is 262 g/mol. The van der Waals surface area contributed by atoms with Crippen LogP contribution in [0.5, 0.6) is 11.6 Å². The van der Waals surface area contributed by atoms with E-state index in [-0.39, 0.29) is 0 Å². The third-order valence-electron chi connectivity index (χ3n) is 3.16. The minimum atomic E-state index is 0.560. The van der Waals surface area contributed by atoms with Crippen molar-refractivity contribution in [2.45, 2.75) is 39.5 Å². The van der Waals surface area contributed by atoms with E-state index in [1.807, 2.05) is 18.2 Å². The summed E-state index contributed by atoms with van der Waals surface area (Å²) in [6, 6.07) is 10.0. The maximum absolute atomic E-state index is 5.77. The van der Waals surface area contributed by atoms with Gasteiger partial charge in [-0.3, -0.25) is 0 Å². The molecule has 0 saturated heterocycles. The lowest BCUT2D eigenvalue weighted by Gasteiger charge is -2.08. The first kappa shape index (κ1) is 15.3. The Kier molecular flexibility index (Phi) is 6.00. The summed E-state index contributed by atoms with van der Waals surface area (Å²) in [6.45, 7) is 5.21. The van der Waals surface area contributed by atoms with Crippen molar-refractivity contribution in [2.24, 2.45) is 0 Å². The van der Waals surface area contributed by atoms with Gasteiger partial charge in [-0.15, -0.1) is 0 Å². The van der Waals surface area contributed by atoms with Crippen molar-refractivity contribution < 1.29 is 4.74 Å². The molecule has 21 heavy (non-hydrogen) atoms. The number of nitrogens with zero attached hydrogens (tertiary/aromatic N) is 2. The summed E-state index contributed by atoms with van der Waals surface area (Å²) in [5.41, 5.74) is 1.34. The van der Waals surface area contributed by atoms with E-state index >= 15 is 0 Å². The number of aromatic nitrogens is 2. The minimum Gasteiger partial charge on any atom is -0.439 e. The van der Waals surface area contributed by atoms with Gasteiger partial charge in [-0.05, 0) is 37.0 Å². The molecule has 0 bridgehead atoms. The summed E-state index contributed by atoms with van der Waals surface area (Å²) in [5.74, 6) is 2.15. The van der Waals surface area contributed by atoms with Crippen LogP contribution in [-0.2, 0) is 6.42 Å². The maximum Gasteiger partial charge on any atom is 0.224 e. The molecule has 4 heteroatoms. The lowest BCUT2D eigenvalue weighted by molar-refractivity contribution is 0.461. The molecule has 0 saturated carbocycles. The van der Waals surface area contributed by atoms with E-state index in [1.165, 1.54) is 24.7 Å². The Bertz CT molecular complexity index is 540. The molecule has 4 nitrogen and oxygen atoms in total. The second-order valence-electron chi connectivity index (χ2n) is 5.02. The standard InChI is InChI=1S/C17H23N3O/c1-3-5-6-14-7-9-15(10-8-14)21-17-12-16(18-11-4-2)19-13-20-17/h7-10,12-13H,3-6,11H2,1-2H3,(H,18,19,20). The topological polar surface area (TPSA) is 47.0 Å². The van der Waals surface area contributed by atoms with Gasteiger partial charge in [0.05, 0.1) is 0 Å². The third kappa shape index (κ3) is 5.06. The van der Waals surface area contributed by atoms with Gasteiger partial charge in [0.25, 0.3) is 0 Å². The molecule has 0 aliphatic rings. The molecule has 0 atom stereocenters. The van der Waals surface area contributed by atoms with E-state index in [0.29, 0.717) is 5.88 Å². The predicted molar refractivity (Wildman–Crippen MR) is 85.9 cm³/mol. The molecule has 2 rings (SSSR count). The van der Waals surface area contributed by atoms with Gasteiger partial charge < -0.3 is 10.1 Å². The van der Waals surface area contributed by atoms with Gasteiger partial charge in [-0.2, -0.15) is 0 Å². The Morgan fingerprint density at radius 2 is 1.86 bits per heavy atom. The van der Waals surface area contributed by atoms with Gasteiger partial charge >= 0.3 is 0 Å². The SMILES string of the molecule is CCCCc1ccc(Oc2cc(NCCC)ncn2)cc1. The molecule has 0 spiro atoms. The van der Waals surface area contributed by atoms with Crippen LogP contribution in [0.3, 0.4) is 0 Å². The number of anilines is 1. The number of aryl methyl sites for hydroxylation is 1. The molecule has 0 unspecified atom stereocenters. The van der Waals surface area contributed by atoms with Crippen LogP contribution in [0.15, 0.2) is 36.7 Å².